The summed E-state index contributed by atoms with van der Waals surface area (Å²) >= 11 is 0. The molecule has 5 heteroatoms. The van der Waals surface area contributed by atoms with Gasteiger partial charge >= 0.3 is 0 Å². The van der Waals surface area contributed by atoms with Gasteiger partial charge in [0.2, 0.25) is 5.91 Å². The van der Waals surface area contributed by atoms with Crippen LogP contribution in [0.2, 0.25) is 0 Å². The number of Topliss-reactive ketones (excluding diaryl/α,β-unsaturated/α-hetero) is 1. The third-order valence-electron chi connectivity index (χ3n) is 2.71. The van der Waals surface area contributed by atoms with E-state index >= 15 is 0 Å². The van der Waals surface area contributed by atoms with E-state index in [4.69, 9.17) is 5.73 Å². The van der Waals surface area contributed by atoms with Gasteiger partial charge in [0.25, 0.3) is 0 Å². The second kappa shape index (κ2) is 5.80. The maximum atomic E-state index is 11.6. The molecule has 1 aromatic rings. The van der Waals surface area contributed by atoms with Crippen molar-refractivity contribution in [2.24, 2.45) is 5.73 Å². The summed E-state index contributed by atoms with van der Waals surface area (Å²) in [6.45, 7) is 0.501. The van der Waals surface area contributed by atoms with E-state index in [9.17, 15) is 9.59 Å². The van der Waals surface area contributed by atoms with Crippen molar-refractivity contribution >= 4 is 24.1 Å². The fraction of sp³-hybridized carbons (Fsp3) is 0.333. The number of carbonyl (C=O) groups is 2. The Morgan fingerprint density at radius 3 is 2.41 bits per heavy atom. The molecular weight excluding hydrogens is 240 g/mol. The molecule has 1 atom stereocenters. The molecule has 0 radical (unpaired) electrons. The van der Waals surface area contributed by atoms with Gasteiger partial charge in [-0.1, -0.05) is 30.3 Å². The van der Waals surface area contributed by atoms with Crippen molar-refractivity contribution < 1.29 is 9.59 Å². The first-order valence-electron chi connectivity index (χ1n) is 5.27. The number of nitrogens with two attached hydrogens (primary N) is 1. The summed E-state index contributed by atoms with van der Waals surface area (Å²) in [6.07, 6.45) is 0.261. The number of amides is 1. The van der Waals surface area contributed by atoms with Gasteiger partial charge in [-0.25, -0.2) is 0 Å². The maximum absolute atomic E-state index is 11.6. The lowest BCUT2D eigenvalue weighted by Crippen LogP contribution is -2.51. The first-order valence-corrected chi connectivity index (χ1v) is 5.27. The molecule has 0 spiro atoms. The van der Waals surface area contributed by atoms with Crippen LogP contribution in [0.3, 0.4) is 0 Å². The van der Waals surface area contributed by atoms with Gasteiger partial charge in [0.05, 0.1) is 13.1 Å². The molecule has 1 saturated heterocycles. The van der Waals surface area contributed by atoms with E-state index in [1.54, 1.807) is 0 Å². The molecule has 1 aliphatic heterocycles. The highest BCUT2D eigenvalue weighted by Crippen LogP contribution is 2.16. The fourth-order valence-corrected chi connectivity index (χ4v) is 1.69. The Balaban J connectivity index is 0.00000144. The van der Waals surface area contributed by atoms with Crippen LogP contribution in [0.5, 0.6) is 0 Å². The zero-order chi connectivity index (χ0) is 11.5. The van der Waals surface area contributed by atoms with Gasteiger partial charge in [0, 0.05) is 12.5 Å². The average Bonchev–Trinajstić information content (AvgIpc) is 2.26. The van der Waals surface area contributed by atoms with E-state index in [0.717, 1.165) is 5.56 Å². The Kier molecular flexibility index (Phi) is 4.66. The van der Waals surface area contributed by atoms with Crippen LogP contribution in [-0.2, 0) is 9.59 Å². The van der Waals surface area contributed by atoms with Crippen molar-refractivity contribution in [2.45, 2.75) is 12.5 Å². The van der Waals surface area contributed by atoms with Crippen LogP contribution in [0.4, 0.5) is 0 Å². The lowest BCUT2D eigenvalue weighted by Gasteiger charge is -2.30. The van der Waals surface area contributed by atoms with Crippen LogP contribution >= 0.6 is 12.4 Å². The van der Waals surface area contributed by atoms with Crippen molar-refractivity contribution in [3.63, 3.8) is 0 Å². The highest BCUT2D eigenvalue weighted by atomic mass is 35.5. The molecule has 1 amide bonds. The van der Waals surface area contributed by atoms with E-state index in [1.165, 1.54) is 4.90 Å². The largest absolute Gasteiger partial charge is 0.328 e. The van der Waals surface area contributed by atoms with Crippen LogP contribution < -0.4 is 5.73 Å². The number of ketones is 1. The van der Waals surface area contributed by atoms with E-state index in [1.807, 2.05) is 30.3 Å². The molecule has 2 N–H and O–H groups in total. The fourth-order valence-electron chi connectivity index (χ4n) is 1.69. The van der Waals surface area contributed by atoms with Gasteiger partial charge in [-0.15, -0.1) is 12.4 Å². The van der Waals surface area contributed by atoms with Crippen molar-refractivity contribution in [3.05, 3.63) is 35.9 Å². The monoisotopic (exact) mass is 254 g/mol. The lowest BCUT2D eigenvalue weighted by molar-refractivity contribution is -0.145. The van der Waals surface area contributed by atoms with Crippen LogP contribution in [0, 0.1) is 0 Å². The summed E-state index contributed by atoms with van der Waals surface area (Å²) in [5, 5.41) is 0. The van der Waals surface area contributed by atoms with Crippen molar-refractivity contribution in [3.8, 4) is 0 Å². The molecule has 1 aromatic carbocycles. The number of nitrogens with zero attached hydrogens (tertiary/aromatic N) is 1. The predicted octanol–water partition coefficient (Wildman–Crippen LogP) is 0.910. The molecule has 1 fully saturated rings. The summed E-state index contributed by atoms with van der Waals surface area (Å²) in [4.78, 5) is 23.9. The van der Waals surface area contributed by atoms with Crippen LogP contribution in [0.25, 0.3) is 0 Å². The normalized spacial score (nSPS) is 15.8. The van der Waals surface area contributed by atoms with Gasteiger partial charge in [0.1, 0.15) is 0 Å². The van der Waals surface area contributed by atoms with Crippen LogP contribution in [-0.4, -0.2) is 29.7 Å². The number of halogens is 1. The second-order valence-electron chi connectivity index (χ2n) is 4.01. The number of benzene rings is 1. The molecule has 92 valence electrons. The van der Waals surface area contributed by atoms with Crippen molar-refractivity contribution in [2.75, 3.05) is 13.1 Å². The Bertz CT molecular complexity index is 400. The molecule has 2 rings (SSSR count). The highest BCUT2D eigenvalue weighted by molar-refractivity contribution is 5.96. The minimum absolute atomic E-state index is 0. The zero-order valence-electron chi connectivity index (χ0n) is 9.33. The molecule has 1 heterocycles. The highest BCUT2D eigenvalue weighted by Gasteiger charge is 2.28. The minimum atomic E-state index is -0.288. The van der Waals surface area contributed by atoms with E-state index in [0.29, 0.717) is 0 Å². The summed E-state index contributed by atoms with van der Waals surface area (Å²) in [7, 11) is 0. The first kappa shape index (κ1) is 13.7. The molecule has 4 nitrogen and oxygen atoms in total. The minimum Gasteiger partial charge on any atom is -0.328 e. The van der Waals surface area contributed by atoms with E-state index < -0.39 is 0 Å². The van der Waals surface area contributed by atoms with Gasteiger partial charge in [0.15, 0.2) is 5.78 Å². The number of carbonyl (C=O) groups excluding carboxylic acids is 2. The molecule has 0 bridgehead atoms. The summed E-state index contributed by atoms with van der Waals surface area (Å²) in [5.74, 6) is 0.0672. The van der Waals surface area contributed by atoms with Crippen molar-refractivity contribution in [1.82, 2.24) is 4.90 Å². The Morgan fingerprint density at radius 2 is 1.88 bits per heavy atom. The number of hydrogen-bond donors (Lipinski definition) is 1. The van der Waals surface area contributed by atoms with Gasteiger partial charge in [-0.2, -0.15) is 0 Å². The zero-order valence-corrected chi connectivity index (χ0v) is 10.2. The van der Waals surface area contributed by atoms with Crippen LogP contribution in [0.1, 0.15) is 18.0 Å². The number of likely N-dealkylation sites (tertiary alicyclic amines) is 1. The Hall–Kier alpha value is -1.39. The smallest absolute Gasteiger partial charge is 0.225 e. The lowest BCUT2D eigenvalue weighted by atomic mass is 10.0. The van der Waals surface area contributed by atoms with E-state index in [-0.39, 0.29) is 49.6 Å². The summed E-state index contributed by atoms with van der Waals surface area (Å²) < 4.78 is 0. The average molecular weight is 255 g/mol. The number of hydrogen-bond acceptors (Lipinski definition) is 3. The molecule has 0 aliphatic carbocycles. The standard InChI is InChI=1S/C12H14N2O2.ClH/c13-11(9-4-2-1-3-5-9)6-12(16)14-7-10(15)8-14;/h1-5,11H,6-8,13H2;1H. The quantitative estimate of drug-likeness (QED) is 0.872. The Labute approximate surface area is 106 Å². The topological polar surface area (TPSA) is 63.4 Å². The molecule has 1 unspecified atom stereocenters. The second-order valence-corrected chi connectivity index (χ2v) is 4.01. The van der Waals surface area contributed by atoms with E-state index in [2.05, 4.69) is 0 Å². The maximum Gasteiger partial charge on any atom is 0.225 e. The predicted molar refractivity (Wildman–Crippen MR) is 66.8 cm³/mol. The molecule has 0 saturated carbocycles. The molecular formula is C12H15ClN2O2. The van der Waals surface area contributed by atoms with Crippen molar-refractivity contribution in [1.29, 1.82) is 0 Å². The Morgan fingerprint density at radius 1 is 1.29 bits per heavy atom. The summed E-state index contributed by atoms with van der Waals surface area (Å²) in [6, 6.07) is 9.22. The van der Waals surface area contributed by atoms with Gasteiger partial charge < -0.3 is 10.6 Å². The third kappa shape index (κ3) is 3.28. The van der Waals surface area contributed by atoms with Gasteiger partial charge in [-0.3, -0.25) is 9.59 Å². The SMILES string of the molecule is Cl.NC(CC(=O)N1CC(=O)C1)c1ccccc1. The molecule has 17 heavy (non-hydrogen) atoms. The first-order chi connectivity index (χ1) is 7.66. The molecule has 0 aromatic heterocycles. The van der Waals surface area contributed by atoms with Crippen LogP contribution in [0.15, 0.2) is 30.3 Å². The van der Waals surface area contributed by atoms with Gasteiger partial charge in [-0.05, 0) is 5.56 Å². The molecule has 1 aliphatic rings. The summed E-state index contributed by atoms with van der Waals surface area (Å²) in [5.41, 5.74) is 6.86. The third-order valence-corrected chi connectivity index (χ3v) is 2.71. The number of rotatable bonds is 3.